The summed E-state index contributed by atoms with van der Waals surface area (Å²) in [6, 6.07) is 6.28. The largest absolute Gasteiger partial charge is 0.333 e. The molecule has 1 aliphatic rings. The second kappa shape index (κ2) is 4.99. The topological polar surface area (TPSA) is 48.2 Å². The molecule has 0 aliphatic carbocycles. The van der Waals surface area contributed by atoms with Crippen LogP contribution >= 0.6 is 11.8 Å². The van der Waals surface area contributed by atoms with Gasteiger partial charge >= 0.3 is 0 Å². The summed E-state index contributed by atoms with van der Waals surface area (Å²) in [4.78, 5) is 4.40. The molecule has 0 aromatic heterocycles. The summed E-state index contributed by atoms with van der Waals surface area (Å²) in [5, 5.41) is 12.4. The molecule has 94 valence electrons. The summed E-state index contributed by atoms with van der Waals surface area (Å²) >= 11 is 1.59. The predicted octanol–water partition coefficient (Wildman–Crippen LogP) is 3.24. The van der Waals surface area contributed by atoms with Gasteiger partial charge in [-0.25, -0.2) is 4.39 Å². The third-order valence-electron chi connectivity index (χ3n) is 2.59. The maximum Gasteiger partial charge on any atom is 0.161 e. The lowest BCUT2D eigenvalue weighted by molar-refractivity contribution is 0.438. The first kappa shape index (κ1) is 12.9. The fraction of sp³-hybridized carbons (Fsp3) is 0.385. The number of halogens is 1. The van der Waals surface area contributed by atoms with Crippen LogP contribution in [0.4, 0.5) is 10.1 Å². The molecule has 0 atom stereocenters. The average Bonchev–Trinajstić information content (AvgIpc) is 2.34. The number of thioether (sulfide) groups is 1. The first-order valence-corrected chi connectivity index (χ1v) is 6.63. The molecule has 0 saturated heterocycles. The highest BCUT2D eigenvalue weighted by molar-refractivity contribution is 8.14. The first-order chi connectivity index (χ1) is 8.50. The van der Waals surface area contributed by atoms with E-state index in [1.165, 1.54) is 6.07 Å². The molecule has 18 heavy (non-hydrogen) atoms. The van der Waals surface area contributed by atoms with Gasteiger partial charge in [0.25, 0.3) is 0 Å². The van der Waals surface area contributed by atoms with Crippen LogP contribution in [-0.2, 0) is 0 Å². The monoisotopic (exact) mass is 263 g/mol. The SMILES string of the molecule is CC1(C)CN=C(Nc2ccc(C#N)cc2F)SC1. The smallest absolute Gasteiger partial charge is 0.161 e. The van der Waals surface area contributed by atoms with Crippen molar-refractivity contribution in [2.24, 2.45) is 10.4 Å². The van der Waals surface area contributed by atoms with Gasteiger partial charge in [0.1, 0.15) is 5.82 Å². The quantitative estimate of drug-likeness (QED) is 0.846. The molecule has 0 saturated carbocycles. The lowest BCUT2D eigenvalue weighted by Gasteiger charge is -2.27. The van der Waals surface area contributed by atoms with Gasteiger partial charge in [-0.1, -0.05) is 25.6 Å². The molecule has 1 aromatic rings. The van der Waals surface area contributed by atoms with Gasteiger partial charge in [-0.15, -0.1) is 0 Å². The fourth-order valence-corrected chi connectivity index (χ4v) is 2.47. The van der Waals surface area contributed by atoms with Crippen LogP contribution in [-0.4, -0.2) is 17.5 Å². The number of rotatable bonds is 1. The highest BCUT2D eigenvalue weighted by Crippen LogP contribution is 2.28. The molecule has 0 spiro atoms. The van der Waals surface area contributed by atoms with E-state index in [1.807, 2.05) is 6.07 Å². The third-order valence-corrected chi connectivity index (χ3v) is 4.02. The Balaban J connectivity index is 2.12. The molecule has 0 fully saturated rings. The second-order valence-corrected chi connectivity index (χ2v) is 5.97. The van der Waals surface area contributed by atoms with Crippen LogP contribution < -0.4 is 5.32 Å². The van der Waals surface area contributed by atoms with Gasteiger partial charge in [0.2, 0.25) is 0 Å². The van der Waals surface area contributed by atoms with Crippen LogP contribution in [0.3, 0.4) is 0 Å². The minimum absolute atomic E-state index is 0.194. The maximum absolute atomic E-state index is 13.7. The van der Waals surface area contributed by atoms with E-state index in [4.69, 9.17) is 5.26 Å². The number of nitrogens with zero attached hydrogens (tertiary/aromatic N) is 2. The molecular weight excluding hydrogens is 249 g/mol. The zero-order valence-corrected chi connectivity index (χ0v) is 11.1. The van der Waals surface area contributed by atoms with Gasteiger partial charge in [0.05, 0.1) is 17.3 Å². The number of nitriles is 1. The van der Waals surface area contributed by atoms with Crippen molar-refractivity contribution in [1.29, 1.82) is 5.26 Å². The molecular formula is C13H14FN3S. The zero-order valence-electron chi connectivity index (χ0n) is 10.3. The number of aliphatic imine (C=N–C) groups is 1. The number of benzene rings is 1. The van der Waals surface area contributed by atoms with Gasteiger partial charge in [-0.3, -0.25) is 4.99 Å². The van der Waals surface area contributed by atoms with Crippen LogP contribution in [0.2, 0.25) is 0 Å². The van der Waals surface area contributed by atoms with Crippen LogP contribution in [0, 0.1) is 22.6 Å². The molecule has 1 aliphatic heterocycles. The zero-order chi connectivity index (χ0) is 13.2. The summed E-state index contributed by atoms with van der Waals surface area (Å²) < 4.78 is 13.7. The summed E-state index contributed by atoms with van der Waals surface area (Å²) in [6.45, 7) is 5.05. The molecule has 0 radical (unpaired) electrons. The van der Waals surface area contributed by atoms with Crippen LogP contribution in [0.1, 0.15) is 19.4 Å². The molecule has 0 bridgehead atoms. The maximum atomic E-state index is 13.7. The van der Waals surface area contributed by atoms with Crippen molar-refractivity contribution in [1.82, 2.24) is 0 Å². The average molecular weight is 263 g/mol. The van der Waals surface area contributed by atoms with E-state index >= 15 is 0 Å². The van der Waals surface area contributed by atoms with Crippen LogP contribution in [0.15, 0.2) is 23.2 Å². The second-order valence-electron chi connectivity index (χ2n) is 5.01. The molecule has 5 heteroatoms. The van der Waals surface area contributed by atoms with Crippen molar-refractivity contribution in [3.8, 4) is 6.07 Å². The fourth-order valence-electron chi connectivity index (χ4n) is 1.52. The standard InChI is InChI=1S/C13H14FN3S/c1-13(2)7-16-12(18-8-13)17-11-4-3-9(6-15)5-10(11)14/h3-5H,7-8H2,1-2H3,(H,16,17). The van der Waals surface area contributed by atoms with Gasteiger partial charge in [-0.2, -0.15) is 5.26 Å². The van der Waals surface area contributed by atoms with Gasteiger partial charge in [-0.05, 0) is 23.6 Å². The van der Waals surface area contributed by atoms with E-state index in [9.17, 15) is 4.39 Å². The Bertz CT molecular complexity index is 532. The van der Waals surface area contributed by atoms with Crippen molar-refractivity contribution < 1.29 is 4.39 Å². The molecule has 1 heterocycles. The van der Waals surface area contributed by atoms with Crippen LogP contribution in [0.25, 0.3) is 0 Å². The van der Waals surface area contributed by atoms with Crippen molar-refractivity contribution in [2.45, 2.75) is 13.8 Å². The van der Waals surface area contributed by atoms with Crippen molar-refractivity contribution in [2.75, 3.05) is 17.6 Å². The molecule has 0 amide bonds. The Kier molecular flexibility index (Phi) is 3.58. The van der Waals surface area contributed by atoms with E-state index in [0.29, 0.717) is 11.3 Å². The van der Waals surface area contributed by atoms with E-state index in [2.05, 4.69) is 24.2 Å². The predicted molar refractivity (Wildman–Crippen MR) is 73.3 cm³/mol. The van der Waals surface area contributed by atoms with Gasteiger partial charge < -0.3 is 5.32 Å². The highest BCUT2D eigenvalue weighted by atomic mass is 32.2. The Hall–Kier alpha value is -1.54. The van der Waals surface area contributed by atoms with E-state index in [0.717, 1.165) is 17.5 Å². The Labute approximate surface area is 110 Å². The number of anilines is 1. The molecule has 3 nitrogen and oxygen atoms in total. The normalized spacial score (nSPS) is 17.8. The summed E-state index contributed by atoms with van der Waals surface area (Å²) in [7, 11) is 0. The highest BCUT2D eigenvalue weighted by Gasteiger charge is 2.23. The summed E-state index contributed by atoms with van der Waals surface area (Å²) in [5.41, 5.74) is 0.872. The molecule has 0 unspecified atom stereocenters. The molecule has 1 aromatic carbocycles. The minimum atomic E-state index is -0.429. The number of nitrogens with one attached hydrogen (secondary N) is 1. The van der Waals surface area contributed by atoms with E-state index in [1.54, 1.807) is 23.9 Å². The van der Waals surface area contributed by atoms with E-state index in [-0.39, 0.29) is 5.41 Å². The van der Waals surface area contributed by atoms with E-state index < -0.39 is 5.82 Å². The number of amidine groups is 1. The molecule has 1 N–H and O–H groups in total. The molecule has 2 rings (SSSR count). The van der Waals surface area contributed by atoms with Crippen molar-refractivity contribution >= 4 is 22.6 Å². The number of hydrogen-bond donors (Lipinski definition) is 1. The first-order valence-electron chi connectivity index (χ1n) is 5.64. The van der Waals surface area contributed by atoms with Crippen molar-refractivity contribution in [3.63, 3.8) is 0 Å². The minimum Gasteiger partial charge on any atom is -0.333 e. The van der Waals surface area contributed by atoms with Gasteiger partial charge in [0.15, 0.2) is 5.17 Å². The summed E-state index contributed by atoms with van der Waals surface area (Å²) in [6.07, 6.45) is 0. The summed E-state index contributed by atoms with van der Waals surface area (Å²) in [5.74, 6) is 0.527. The lowest BCUT2D eigenvalue weighted by Crippen LogP contribution is -2.27. The third kappa shape index (κ3) is 3.02. The van der Waals surface area contributed by atoms with Crippen molar-refractivity contribution in [3.05, 3.63) is 29.6 Å². The Morgan fingerprint density at radius 1 is 1.50 bits per heavy atom. The Morgan fingerprint density at radius 2 is 2.28 bits per heavy atom. The van der Waals surface area contributed by atoms with Crippen LogP contribution in [0.5, 0.6) is 0 Å². The lowest BCUT2D eigenvalue weighted by atomic mass is 9.97. The number of hydrogen-bond acceptors (Lipinski definition) is 4. The Morgan fingerprint density at radius 3 is 2.83 bits per heavy atom. The van der Waals surface area contributed by atoms with Gasteiger partial charge in [0, 0.05) is 12.3 Å².